The third kappa shape index (κ3) is 2.60. The van der Waals surface area contributed by atoms with Gasteiger partial charge in [-0.25, -0.2) is 9.67 Å². The summed E-state index contributed by atoms with van der Waals surface area (Å²) in [5.41, 5.74) is 6.92. The Hall–Kier alpha value is -2.37. The van der Waals surface area contributed by atoms with Crippen LogP contribution in [0.5, 0.6) is 0 Å². The predicted molar refractivity (Wildman–Crippen MR) is 64.2 cm³/mol. The van der Waals surface area contributed by atoms with Crippen molar-refractivity contribution in [3.63, 3.8) is 0 Å². The zero-order valence-corrected chi connectivity index (χ0v) is 9.37. The molecular weight excluding hydrogens is 218 g/mol. The van der Waals surface area contributed by atoms with E-state index in [0.29, 0.717) is 11.4 Å². The topological polar surface area (TPSA) is 85.8 Å². The van der Waals surface area contributed by atoms with Gasteiger partial charge >= 0.3 is 0 Å². The lowest BCUT2D eigenvalue weighted by atomic mass is 10.2. The van der Waals surface area contributed by atoms with E-state index in [1.54, 1.807) is 31.2 Å². The fraction of sp³-hybridized carbons (Fsp3) is 0.182. The molecule has 1 amide bonds. The number of nitrogens with two attached hydrogens (primary N) is 1. The van der Waals surface area contributed by atoms with E-state index in [0.717, 1.165) is 0 Å². The Labute approximate surface area is 98.5 Å². The predicted octanol–water partition coefficient (Wildman–Crippen LogP) is 1.06. The molecule has 17 heavy (non-hydrogen) atoms. The molecule has 1 aromatic carbocycles. The summed E-state index contributed by atoms with van der Waals surface area (Å²) in [6.07, 6.45) is 2.90. The van der Waals surface area contributed by atoms with Crippen molar-refractivity contribution >= 4 is 17.3 Å². The van der Waals surface area contributed by atoms with Crippen molar-refractivity contribution in [2.24, 2.45) is 0 Å². The van der Waals surface area contributed by atoms with Crippen LogP contribution < -0.4 is 11.1 Å². The molecule has 2 aromatic rings. The Morgan fingerprint density at radius 2 is 2.12 bits per heavy atom. The monoisotopic (exact) mass is 231 g/mol. The molecule has 0 aliphatic rings. The molecule has 0 saturated carbocycles. The van der Waals surface area contributed by atoms with Gasteiger partial charge in [0, 0.05) is 11.4 Å². The lowest BCUT2D eigenvalue weighted by Crippen LogP contribution is -2.23. The Morgan fingerprint density at radius 1 is 1.41 bits per heavy atom. The molecule has 0 saturated heterocycles. The van der Waals surface area contributed by atoms with E-state index in [9.17, 15) is 4.79 Å². The molecule has 1 heterocycles. The Bertz CT molecular complexity index is 491. The van der Waals surface area contributed by atoms with E-state index >= 15 is 0 Å². The van der Waals surface area contributed by atoms with Crippen molar-refractivity contribution in [1.82, 2.24) is 14.8 Å². The number of nitrogens with one attached hydrogen (secondary N) is 1. The molecule has 0 spiro atoms. The standard InChI is InChI=1S/C11H13N5O/c1-8(16-7-13-6-14-16)11(17)15-10-4-2-9(12)3-5-10/h2-8H,12H2,1H3,(H,15,17)/t8-/m0/s1. The van der Waals surface area contributed by atoms with Crippen LogP contribution in [-0.4, -0.2) is 20.7 Å². The number of rotatable bonds is 3. The van der Waals surface area contributed by atoms with Gasteiger partial charge in [0.1, 0.15) is 18.7 Å². The van der Waals surface area contributed by atoms with Gasteiger partial charge < -0.3 is 11.1 Å². The number of carbonyl (C=O) groups excluding carboxylic acids is 1. The van der Waals surface area contributed by atoms with Crippen LogP contribution in [0, 0.1) is 0 Å². The lowest BCUT2D eigenvalue weighted by molar-refractivity contribution is -0.119. The average molecular weight is 231 g/mol. The van der Waals surface area contributed by atoms with Crippen molar-refractivity contribution in [2.45, 2.75) is 13.0 Å². The molecule has 1 aromatic heterocycles. The smallest absolute Gasteiger partial charge is 0.249 e. The average Bonchev–Trinajstić information content (AvgIpc) is 2.84. The van der Waals surface area contributed by atoms with E-state index in [1.807, 2.05) is 0 Å². The summed E-state index contributed by atoms with van der Waals surface area (Å²) < 4.78 is 1.49. The number of benzene rings is 1. The lowest BCUT2D eigenvalue weighted by Gasteiger charge is -2.12. The Kier molecular flexibility index (Phi) is 3.04. The first-order valence-corrected chi connectivity index (χ1v) is 5.17. The van der Waals surface area contributed by atoms with Crippen molar-refractivity contribution in [2.75, 3.05) is 11.1 Å². The second kappa shape index (κ2) is 4.65. The Morgan fingerprint density at radius 3 is 2.71 bits per heavy atom. The van der Waals surface area contributed by atoms with Gasteiger partial charge in [-0.3, -0.25) is 4.79 Å². The van der Waals surface area contributed by atoms with Crippen molar-refractivity contribution < 1.29 is 4.79 Å². The highest BCUT2D eigenvalue weighted by molar-refractivity contribution is 5.93. The minimum atomic E-state index is -0.407. The number of aromatic nitrogens is 3. The van der Waals surface area contributed by atoms with Gasteiger partial charge in [0.2, 0.25) is 5.91 Å². The minimum absolute atomic E-state index is 0.153. The van der Waals surface area contributed by atoms with Crippen LogP contribution in [0.2, 0.25) is 0 Å². The van der Waals surface area contributed by atoms with Crippen LogP contribution in [0.3, 0.4) is 0 Å². The van der Waals surface area contributed by atoms with Gasteiger partial charge in [-0.05, 0) is 31.2 Å². The summed E-state index contributed by atoms with van der Waals surface area (Å²) in [4.78, 5) is 15.7. The summed E-state index contributed by atoms with van der Waals surface area (Å²) >= 11 is 0. The number of hydrogen-bond acceptors (Lipinski definition) is 4. The molecule has 88 valence electrons. The van der Waals surface area contributed by atoms with Crippen molar-refractivity contribution in [3.05, 3.63) is 36.9 Å². The summed E-state index contributed by atoms with van der Waals surface area (Å²) in [5.74, 6) is -0.153. The van der Waals surface area contributed by atoms with Gasteiger partial charge in [-0.1, -0.05) is 0 Å². The summed E-state index contributed by atoms with van der Waals surface area (Å²) in [6, 6.07) is 6.56. The van der Waals surface area contributed by atoms with Crippen LogP contribution >= 0.6 is 0 Å². The number of hydrogen-bond donors (Lipinski definition) is 2. The van der Waals surface area contributed by atoms with Crippen LogP contribution in [-0.2, 0) is 4.79 Å². The quantitative estimate of drug-likeness (QED) is 0.773. The second-order valence-corrected chi connectivity index (χ2v) is 3.66. The molecule has 6 heteroatoms. The zero-order valence-electron chi connectivity index (χ0n) is 9.37. The van der Waals surface area contributed by atoms with Gasteiger partial charge in [0.05, 0.1) is 0 Å². The number of nitrogens with zero attached hydrogens (tertiary/aromatic N) is 3. The van der Waals surface area contributed by atoms with Crippen LogP contribution in [0.4, 0.5) is 11.4 Å². The molecule has 0 bridgehead atoms. The van der Waals surface area contributed by atoms with Crippen molar-refractivity contribution in [1.29, 1.82) is 0 Å². The van der Waals surface area contributed by atoms with E-state index < -0.39 is 6.04 Å². The number of carbonyl (C=O) groups is 1. The van der Waals surface area contributed by atoms with Gasteiger partial charge in [-0.2, -0.15) is 5.10 Å². The molecule has 0 aliphatic heterocycles. The first-order chi connectivity index (χ1) is 8.16. The molecule has 0 unspecified atom stereocenters. The maximum Gasteiger partial charge on any atom is 0.249 e. The molecule has 0 radical (unpaired) electrons. The normalized spacial score (nSPS) is 12.1. The Balaban J connectivity index is 2.04. The van der Waals surface area contributed by atoms with E-state index in [1.165, 1.54) is 17.3 Å². The van der Waals surface area contributed by atoms with E-state index in [-0.39, 0.29) is 5.91 Å². The maximum absolute atomic E-state index is 11.9. The van der Waals surface area contributed by atoms with E-state index in [4.69, 9.17) is 5.73 Å². The fourth-order valence-electron chi connectivity index (χ4n) is 1.35. The summed E-state index contributed by atoms with van der Waals surface area (Å²) in [5, 5.41) is 6.69. The SMILES string of the molecule is C[C@@H](C(=O)Nc1ccc(N)cc1)n1cncn1. The highest BCUT2D eigenvalue weighted by Crippen LogP contribution is 2.13. The highest BCUT2D eigenvalue weighted by atomic mass is 16.2. The zero-order chi connectivity index (χ0) is 12.3. The molecule has 6 nitrogen and oxygen atoms in total. The number of amides is 1. The first kappa shape index (κ1) is 11.1. The van der Waals surface area contributed by atoms with Gasteiger partial charge in [-0.15, -0.1) is 0 Å². The second-order valence-electron chi connectivity index (χ2n) is 3.66. The molecular formula is C11H13N5O. The molecule has 0 fully saturated rings. The van der Waals surface area contributed by atoms with E-state index in [2.05, 4.69) is 15.4 Å². The third-order valence-electron chi connectivity index (χ3n) is 2.39. The maximum atomic E-state index is 11.9. The summed E-state index contributed by atoms with van der Waals surface area (Å²) in [6.45, 7) is 1.75. The minimum Gasteiger partial charge on any atom is -0.399 e. The third-order valence-corrected chi connectivity index (χ3v) is 2.39. The largest absolute Gasteiger partial charge is 0.399 e. The molecule has 0 aliphatic carbocycles. The molecule has 3 N–H and O–H groups in total. The summed E-state index contributed by atoms with van der Waals surface area (Å²) in [7, 11) is 0. The van der Waals surface area contributed by atoms with Crippen LogP contribution in [0.25, 0.3) is 0 Å². The van der Waals surface area contributed by atoms with Gasteiger partial charge in [0.15, 0.2) is 0 Å². The van der Waals surface area contributed by atoms with Crippen LogP contribution in [0.15, 0.2) is 36.9 Å². The van der Waals surface area contributed by atoms with Crippen LogP contribution in [0.1, 0.15) is 13.0 Å². The fourth-order valence-corrected chi connectivity index (χ4v) is 1.35. The first-order valence-electron chi connectivity index (χ1n) is 5.17. The number of nitrogen functional groups attached to an aromatic ring is 1. The van der Waals surface area contributed by atoms with Crippen molar-refractivity contribution in [3.8, 4) is 0 Å². The number of anilines is 2. The molecule has 2 rings (SSSR count). The van der Waals surface area contributed by atoms with Gasteiger partial charge in [0.25, 0.3) is 0 Å². The molecule has 1 atom stereocenters. The highest BCUT2D eigenvalue weighted by Gasteiger charge is 2.15.